The SMILES string of the molecule is CNCC(C)ONC. The van der Waals surface area contributed by atoms with Gasteiger partial charge >= 0.3 is 0 Å². The minimum Gasteiger partial charge on any atom is -0.317 e. The lowest BCUT2D eigenvalue weighted by molar-refractivity contribution is 0.000638. The van der Waals surface area contributed by atoms with Gasteiger partial charge < -0.3 is 5.32 Å². The lowest BCUT2D eigenvalue weighted by Crippen LogP contribution is -2.27. The molecule has 8 heavy (non-hydrogen) atoms. The molecule has 50 valence electrons. The Morgan fingerprint density at radius 2 is 2.12 bits per heavy atom. The number of hydrogen-bond acceptors (Lipinski definition) is 3. The topological polar surface area (TPSA) is 33.3 Å². The average Bonchev–Trinajstić information content (AvgIpc) is 1.68. The van der Waals surface area contributed by atoms with Gasteiger partial charge in [0.05, 0.1) is 6.10 Å². The van der Waals surface area contributed by atoms with Crippen LogP contribution in [0.5, 0.6) is 0 Å². The molecule has 0 amide bonds. The molecule has 0 rings (SSSR count). The van der Waals surface area contributed by atoms with Crippen molar-refractivity contribution in [2.75, 3.05) is 20.6 Å². The van der Waals surface area contributed by atoms with E-state index in [9.17, 15) is 0 Å². The van der Waals surface area contributed by atoms with Crippen molar-refractivity contribution in [1.29, 1.82) is 0 Å². The molecule has 3 nitrogen and oxygen atoms in total. The molecule has 0 aliphatic heterocycles. The molecule has 0 bridgehead atoms. The van der Waals surface area contributed by atoms with Crippen LogP contribution < -0.4 is 10.8 Å². The van der Waals surface area contributed by atoms with Gasteiger partial charge in [0.25, 0.3) is 0 Å². The number of likely N-dealkylation sites (N-methyl/N-ethyl adjacent to an activating group) is 1. The first kappa shape index (κ1) is 7.88. The van der Waals surface area contributed by atoms with Gasteiger partial charge in [-0.1, -0.05) is 0 Å². The quantitative estimate of drug-likeness (QED) is 0.499. The van der Waals surface area contributed by atoms with Crippen LogP contribution in [-0.4, -0.2) is 26.7 Å². The molecule has 0 fully saturated rings. The number of rotatable bonds is 4. The Hall–Kier alpha value is -0.120. The Kier molecular flexibility index (Phi) is 4.95. The summed E-state index contributed by atoms with van der Waals surface area (Å²) in [7, 11) is 3.65. The molecule has 0 aliphatic rings. The second kappa shape index (κ2) is 5.03. The summed E-state index contributed by atoms with van der Waals surface area (Å²) in [6.07, 6.45) is 0.241. The summed E-state index contributed by atoms with van der Waals surface area (Å²) in [5.41, 5.74) is 2.61. The minimum absolute atomic E-state index is 0.241. The van der Waals surface area contributed by atoms with Crippen molar-refractivity contribution in [3.8, 4) is 0 Å². The van der Waals surface area contributed by atoms with E-state index in [4.69, 9.17) is 4.84 Å². The summed E-state index contributed by atoms with van der Waals surface area (Å²) in [6, 6.07) is 0. The summed E-state index contributed by atoms with van der Waals surface area (Å²) < 4.78 is 0. The standard InChI is InChI=1S/C5H14N2O/c1-5(4-6-2)8-7-3/h5-7H,4H2,1-3H3. The maximum absolute atomic E-state index is 4.97. The summed E-state index contributed by atoms with van der Waals surface area (Å²) >= 11 is 0. The second-order valence-electron chi connectivity index (χ2n) is 1.69. The van der Waals surface area contributed by atoms with E-state index >= 15 is 0 Å². The molecular weight excluding hydrogens is 104 g/mol. The van der Waals surface area contributed by atoms with Gasteiger partial charge in [-0.3, -0.25) is 4.84 Å². The van der Waals surface area contributed by atoms with Crippen LogP contribution >= 0.6 is 0 Å². The van der Waals surface area contributed by atoms with Gasteiger partial charge in [-0.2, -0.15) is 0 Å². The first-order chi connectivity index (χ1) is 3.81. The van der Waals surface area contributed by atoms with Crippen molar-refractivity contribution < 1.29 is 4.84 Å². The van der Waals surface area contributed by atoms with Crippen LogP contribution in [0.4, 0.5) is 0 Å². The van der Waals surface area contributed by atoms with Crippen LogP contribution in [-0.2, 0) is 4.84 Å². The molecule has 0 aliphatic carbocycles. The molecule has 0 aromatic heterocycles. The van der Waals surface area contributed by atoms with Crippen LogP contribution in [0.3, 0.4) is 0 Å². The molecule has 0 aromatic carbocycles. The summed E-state index contributed by atoms with van der Waals surface area (Å²) in [5.74, 6) is 0. The van der Waals surface area contributed by atoms with Crippen molar-refractivity contribution in [1.82, 2.24) is 10.8 Å². The maximum atomic E-state index is 4.97. The van der Waals surface area contributed by atoms with E-state index in [1.54, 1.807) is 7.05 Å². The summed E-state index contributed by atoms with van der Waals surface area (Å²) in [6.45, 7) is 2.87. The van der Waals surface area contributed by atoms with Crippen molar-refractivity contribution in [3.63, 3.8) is 0 Å². The molecule has 0 aromatic rings. The van der Waals surface area contributed by atoms with Gasteiger partial charge in [0.2, 0.25) is 0 Å². The van der Waals surface area contributed by atoms with Crippen molar-refractivity contribution >= 4 is 0 Å². The van der Waals surface area contributed by atoms with Crippen LogP contribution in [0.1, 0.15) is 6.92 Å². The van der Waals surface area contributed by atoms with Gasteiger partial charge in [-0.15, -0.1) is 0 Å². The van der Waals surface area contributed by atoms with E-state index in [-0.39, 0.29) is 6.10 Å². The Bertz CT molecular complexity index is 43.7. The molecule has 0 spiro atoms. The van der Waals surface area contributed by atoms with E-state index in [1.165, 1.54) is 0 Å². The van der Waals surface area contributed by atoms with Crippen LogP contribution in [0, 0.1) is 0 Å². The van der Waals surface area contributed by atoms with Gasteiger partial charge in [0.1, 0.15) is 0 Å². The average molecular weight is 118 g/mol. The maximum Gasteiger partial charge on any atom is 0.0886 e. The molecule has 0 heterocycles. The van der Waals surface area contributed by atoms with Gasteiger partial charge in [-0.05, 0) is 14.0 Å². The fourth-order valence-corrected chi connectivity index (χ4v) is 0.530. The third-order valence-electron chi connectivity index (χ3n) is 0.811. The van der Waals surface area contributed by atoms with Gasteiger partial charge in [0.15, 0.2) is 0 Å². The van der Waals surface area contributed by atoms with Crippen LogP contribution in [0.2, 0.25) is 0 Å². The zero-order valence-electron chi connectivity index (χ0n) is 5.69. The molecule has 0 radical (unpaired) electrons. The highest BCUT2D eigenvalue weighted by Gasteiger charge is 1.95. The van der Waals surface area contributed by atoms with Crippen molar-refractivity contribution in [3.05, 3.63) is 0 Å². The third kappa shape index (κ3) is 4.05. The monoisotopic (exact) mass is 118 g/mol. The molecule has 3 heteroatoms. The highest BCUT2D eigenvalue weighted by atomic mass is 16.7. The zero-order valence-corrected chi connectivity index (χ0v) is 5.69. The lowest BCUT2D eigenvalue weighted by Gasteiger charge is -2.08. The fraction of sp³-hybridized carbons (Fsp3) is 1.00. The summed E-state index contributed by atoms with van der Waals surface area (Å²) in [4.78, 5) is 4.97. The van der Waals surface area contributed by atoms with Crippen molar-refractivity contribution in [2.45, 2.75) is 13.0 Å². The molecular formula is C5H14N2O. The highest BCUT2D eigenvalue weighted by Crippen LogP contribution is 1.80. The van der Waals surface area contributed by atoms with E-state index in [2.05, 4.69) is 10.8 Å². The lowest BCUT2D eigenvalue weighted by atomic mass is 10.4. The van der Waals surface area contributed by atoms with Gasteiger partial charge in [-0.25, -0.2) is 5.48 Å². The predicted octanol–water partition coefficient (Wildman–Crippen LogP) is -0.255. The van der Waals surface area contributed by atoms with Crippen LogP contribution in [0.25, 0.3) is 0 Å². The largest absolute Gasteiger partial charge is 0.317 e. The number of hydrogen-bond donors (Lipinski definition) is 2. The Balaban J connectivity index is 2.92. The predicted molar refractivity (Wildman–Crippen MR) is 33.5 cm³/mol. The van der Waals surface area contributed by atoms with Crippen LogP contribution in [0.15, 0.2) is 0 Å². The second-order valence-corrected chi connectivity index (χ2v) is 1.69. The number of hydroxylamine groups is 1. The normalized spacial score (nSPS) is 13.9. The smallest absolute Gasteiger partial charge is 0.0886 e. The first-order valence-corrected chi connectivity index (χ1v) is 2.78. The van der Waals surface area contributed by atoms with E-state index < -0.39 is 0 Å². The first-order valence-electron chi connectivity index (χ1n) is 2.78. The molecule has 1 atom stereocenters. The van der Waals surface area contributed by atoms with E-state index in [0.29, 0.717) is 0 Å². The third-order valence-corrected chi connectivity index (χ3v) is 0.811. The molecule has 1 unspecified atom stereocenters. The molecule has 0 saturated heterocycles. The molecule has 2 N–H and O–H groups in total. The Morgan fingerprint density at radius 1 is 1.50 bits per heavy atom. The van der Waals surface area contributed by atoms with E-state index in [1.807, 2.05) is 14.0 Å². The fourth-order valence-electron chi connectivity index (χ4n) is 0.530. The Labute approximate surface area is 50.4 Å². The minimum atomic E-state index is 0.241. The zero-order chi connectivity index (χ0) is 6.41. The Morgan fingerprint density at radius 3 is 2.50 bits per heavy atom. The highest BCUT2D eigenvalue weighted by molar-refractivity contribution is 4.48. The van der Waals surface area contributed by atoms with Gasteiger partial charge in [0, 0.05) is 13.6 Å². The summed E-state index contributed by atoms with van der Waals surface area (Å²) in [5, 5.41) is 2.99. The number of nitrogens with one attached hydrogen (secondary N) is 2. The van der Waals surface area contributed by atoms with E-state index in [0.717, 1.165) is 6.54 Å². The van der Waals surface area contributed by atoms with Crippen molar-refractivity contribution in [2.24, 2.45) is 0 Å². The molecule has 0 saturated carbocycles.